The van der Waals surface area contributed by atoms with Gasteiger partial charge in [0.05, 0.1) is 12.3 Å². The molecule has 2 N–H and O–H groups in total. The highest BCUT2D eigenvalue weighted by molar-refractivity contribution is 5.92. The average molecular weight is 278 g/mol. The Morgan fingerprint density at radius 1 is 1.35 bits per heavy atom. The third-order valence-corrected chi connectivity index (χ3v) is 3.03. The molecule has 108 valence electrons. The first-order valence-electron chi connectivity index (χ1n) is 6.36. The van der Waals surface area contributed by atoms with Gasteiger partial charge in [0.2, 0.25) is 5.89 Å². The first kappa shape index (κ1) is 14.1. The van der Waals surface area contributed by atoms with Crippen molar-refractivity contribution in [3.05, 3.63) is 28.9 Å². The zero-order chi connectivity index (χ0) is 14.9. The van der Waals surface area contributed by atoms with E-state index in [2.05, 4.69) is 9.97 Å². The number of oxazole rings is 1. The summed E-state index contributed by atoms with van der Waals surface area (Å²) in [6.45, 7) is 7.83. The van der Waals surface area contributed by atoms with Crippen LogP contribution in [0.1, 0.15) is 40.6 Å². The molecule has 2 aromatic heterocycles. The maximum atomic E-state index is 11.7. The van der Waals surface area contributed by atoms with E-state index < -0.39 is 5.97 Å². The molecule has 20 heavy (non-hydrogen) atoms. The summed E-state index contributed by atoms with van der Waals surface area (Å²) >= 11 is 0. The zero-order valence-corrected chi connectivity index (χ0v) is 12.1. The van der Waals surface area contributed by atoms with Crippen molar-refractivity contribution < 1.29 is 13.9 Å². The lowest BCUT2D eigenvalue weighted by atomic mass is 10.4. The molecule has 0 amide bonds. The first-order valence-corrected chi connectivity index (χ1v) is 6.36. The Bertz CT molecular complexity index is 623. The second-order valence-corrected chi connectivity index (χ2v) is 4.45. The number of anilines is 1. The number of hydrogen-bond donors (Lipinski definition) is 1. The minimum Gasteiger partial charge on any atom is -0.461 e. The Morgan fingerprint density at radius 3 is 2.60 bits per heavy atom. The fraction of sp³-hybridized carbons (Fsp3) is 0.462. The number of nitrogens with zero attached hydrogens (tertiary/aromatic N) is 3. The van der Waals surface area contributed by atoms with E-state index in [9.17, 15) is 4.79 Å². The molecule has 7 nitrogen and oxygen atoms in total. The van der Waals surface area contributed by atoms with Crippen LogP contribution >= 0.6 is 0 Å². The summed E-state index contributed by atoms with van der Waals surface area (Å²) in [6.07, 6.45) is 0. The van der Waals surface area contributed by atoms with Crippen molar-refractivity contribution in [2.45, 2.75) is 34.2 Å². The van der Waals surface area contributed by atoms with Gasteiger partial charge in [-0.3, -0.25) is 0 Å². The van der Waals surface area contributed by atoms with E-state index in [0.717, 1.165) is 11.5 Å². The minimum atomic E-state index is -0.522. The number of hydrogen-bond acceptors (Lipinski definition) is 6. The lowest BCUT2D eigenvalue weighted by Gasteiger charge is -2.04. The number of carbonyl (C=O) groups excluding carboxylic acids is 1. The van der Waals surface area contributed by atoms with E-state index >= 15 is 0 Å². The lowest BCUT2D eigenvalue weighted by molar-refractivity contribution is 0.0521. The molecule has 0 saturated carbocycles. The summed E-state index contributed by atoms with van der Waals surface area (Å²) in [7, 11) is 0. The van der Waals surface area contributed by atoms with E-state index in [1.165, 1.54) is 0 Å². The van der Waals surface area contributed by atoms with Crippen LogP contribution in [0.25, 0.3) is 0 Å². The van der Waals surface area contributed by atoms with Crippen LogP contribution in [0.5, 0.6) is 0 Å². The smallest absolute Gasteiger partial charge is 0.360 e. The SMILES string of the molecule is CCOC(=O)c1nc(C)n(Cc2nc(C)c(C)o2)c1N. The summed E-state index contributed by atoms with van der Waals surface area (Å²) in [4.78, 5) is 20.2. The van der Waals surface area contributed by atoms with E-state index in [1.54, 1.807) is 18.4 Å². The monoisotopic (exact) mass is 278 g/mol. The molecule has 0 aliphatic carbocycles. The third kappa shape index (κ3) is 2.52. The number of carbonyl (C=O) groups is 1. The van der Waals surface area contributed by atoms with Gasteiger partial charge in [-0.1, -0.05) is 0 Å². The number of aromatic nitrogens is 3. The average Bonchev–Trinajstić information content (AvgIpc) is 2.84. The molecule has 2 aromatic rings. The molecule has 0 aromatic carbocycles. The van der Waals surface area contributed by atoms with Gasteiger partial charge in [0, 0.05) is 0 Å². The van der Waals surface area contributed by atoms with Crippen molar-refractivity contribution in [2.75, 3.05) is 12.3 Å². The lowest BCUT2D eigenvalue weighted by Crippen LogP contribution is -2.11. The zero-order valence-electron chi connectivity index (χ0n) is 12.1. The quantitative estimate of drug-likeness (QED) is 0.853. The van der Waals surface area contributed by atoms with Crippen molar-refractivity contribution in [3.63, 3.8) is 0 Å². The predicted octanol–water partition coefficient (Wildman–Crippen LogP) is 1.60. The molecule has 0 radical (unpaired) electrons. The van der Waals surface area contributed by atoms with Crippen LogP contribution in [-0.4, -0.2) is 27.1 Å². The molecule has 7 heteroatoms. The van der Waals surface area contributed by atoms with Crippen LogP contribution in [0.15, 0.2) is 4.42 Å². The summed E-state index contributed by atoms with van der Waals surface area (Å²) < 4.78 is 12.1. The van der Waals surface area contributed by atoms with Gasteiger partial charge in [-0.05, 0) is 27.7 Å². The Labute approximate surface area is 116 Å². The Hall–Kier alpha value is -2.31. The topological polar surface area (TPSA) is 96.2 Å². The molecule has 0 unspecified atom stereocenters. The largest absolute Gasteiger partial charge is 0.461 e. The van der Waals surface area contributed by atoms with Crippen molar-refractivity contribution in [1.82, 2.24) is 14.5 Å². The van der Waals surface area contributed by atoms with Crippen molar-refractivity contribution in [2.24, 2.45) is 0 Å². The van der Waals surface area contributed by atoms with Gasteiger partial charge in [0.15, 0.2) is 5.69 Å². The number of nitrogens with two attached hydrogens (primary N) is 1. The van der Waals surface area contributed by atoms with Gasteiger partial charge in [-0.2, -0.15) is 0 Å². The fourth-order valence-corrected chi connectivity index (χ4v) is 1.87. The Balaban J connectivity index is 2.30. The highest BCUT2D eigenvalue weighted by atomic mass is 16.5. The first-order chi connectivity index (χ1) is 9.43. The van der Waals surface area contributed by atoms with Crippen molar-refractivity contribution >= 4 is 11.8 Å². The molecule has 0 aliphatic rings. The standard InChI is InChI=1S/C13H18N4O3/c1-5-19-13(18)11-12(14)17(9(4)16-11)6-10-15-7(2)8(3)20-10/h5-6,14H2,1-4H3. The highest BCUT2D eigenvalue weighted by Crippen LogP contribution is 2.18. The van der Waals surface area contributed by atoms with Gasteiger partial charge in [0.25, 0.3) is 0 Å². The van der Waals surface area contributed by atoms with Gasteiger partial charge >= 0.3 is 5.97 Å². The van der Waals surface area contributed by atoms with E-state index in [1.807, 2.05) is 13.8 Å². The molecule has 0 fully saturated rings. The normalized spacial score (nSPS) is 10.8. The second-order valence-electron chi connectivity index (χ2n) is 4.45. The van der Waals surface area contributed by atoms with Gasteiger partial charge < -0.3 is 19.5 Å². The molecule has 0 aliphatic heterocycles. The molecule has 2 rings (SSSR count). The number of aryl methyl sites for hydroxylation is 3. The Kier molecular flexibility index (Phi) is 3.78. The predicted molar refractivity (Wildman–Crippen MR) is 72.4 cm³/mol. The van der Waals surface area contributed by atoms with Gasteiger partial charge in [0.1, 0.15) is 23.9 Å². The number of rotatable bonds is 4. The summed E-state index contributed by atoms with van der Waals surface area (Å²) in [5.74, 6) is 1.64. The maximum Gasteiger partial charge on any atom is 0.360 e. The molecule has 0 bridgehead atoms. The van der Waals surface area contributed by atoms with Crippen LogP contribution < -0.4 is 5.73 Å². The number of ether oxygens (including phenoxy) is 1. The summed E-state index contributed by atoms with van der Waals surface area (Å²) in [6, 6.07) is 0. The van der Waals surface area contributed by atoms with Crippen molar-refractivity contribution in [3.8, 4) is 0 Å². The van der Waals surface area contributed by atoms with Crippen LogP contribution in [0, 0.1) is 20.8 Å². The van der Waals surface area contributed by atoms with Gasteiger partial charge in [-0.15, -0.1) is 0 Å². The van der Waals surface area contributed by atoms with E-state index in [4.69, 9.17) is 14.9 Å². The van der Waals surface area contributed by atoms with Crippen LogP contribution in [-0.2, 0) is 11.3 Å². The fourth-order valence-electron chi connectivity index (χ4n) is 1.87. The number of esters is 1. The van der Waals surface area contributed by atoms with E-state index in [0.29, 0.717) is 18.3 Å². The van der Waals surface area contributed by atoms with Gasteiger partial charge in [-0.25, -0.2) is 14.8 Å². The summed E-state index contributed by atoms with van der Waals surface area (Å²) in [5, 5.41) is 0. The number of nitrogen functional groups attached to an aromatic ring is 1. The van der Waals surface area contributed by atoms with Crippen LogP contribution in [0.3, 0.4) is 0 Å². The molecule has 2 heterocycles. The van der Waals surface area contributed by atoms with Crippen molar-refractivity contribution in [1.29, 1.82) is 0 Å². The molecule has 0 spiro atoms. The molecular formula is C13H18N4O3. The minimum absolute atomic E-state index is 0.129. The Morgan fingerprint density at radius 2 is 2.05 bits per heavy atom. The second kappa shape index (κ2) is 5.36. The third-order valence-electron chi connectivity index (χ3n) is 3.03. The van der Waals surface area contributed by atoms with Crippen LogP contribution in [0.2, 0.25) is 0 Å². The van der Waals surface area contributed by atoms with Crippen LogP contribution in [0.4, 0.5) is 5.82 Å². The summed E-state index contributed by atoms with van der Waals surface area (Å²) in [5.41, 5.74) is 6.92. The molecule has 0 atom stereocenters. The number of imidazole rings is 1. The highest BCUT2D eigenvalue weighted by Gasteiger charge is 2.20. The molecular weight excluding hydrogens is 260 g/mol. The maximum absolute atomic E-state index is 11.7. The molecule has 0 saturated heterocycles. The van der Waals surface area contributed by atoms with E-state index in [-0.39, 0.29) is 18.1 Å².